The van der Waals surface area contributed by atoms with E-state index in [1.54, 1.807) is 0 Å². The summed E-state index contributed by atoms with van der Waals surface area (Å²) in [6.45, 7) is 5.79. The summed E-state index contributed by atoms with van der Waals surface area (Å²) >= 11 is 0. The van der Waals surface area contributed by atoms with E-state index in [4.69, 9.17) is 0 Å². The summed E-state index contributed by atoms with van der Waals surface area (Å²) in [5.74, 6) is 0. The quantitative estimate of drug-likeness (QED) is 0.885. The molecule has 3 rings (SSSR count). The molecule has 0 spiro atoms. The maximum absolute atomic E-state index is 4.37. The first kappa shape index (κ1) is 12.2. The molecule has 2 fully saturated rings. The van der Waals surface area contributed by atoms with E-state index in [2.05, 4.69) is 28.7 Å². The van der Waals surface area contributed by atoms with Crippen LogP contribution in [0.4, 0.5) is 0 Å². The van der Waals surface area contributed by atoms with Gasteiger partial charge in [-0.1, -0.05) is 20.3 Å². The number of aromatic nitrogens is 2. The minimum atomic E-state index is 0.494. The van der Waals surface area contributed by atoms with Crippen molar-refractivity contribution in [1.82, 2.24) is 14.9 Å². The van der Waals surface area contributed by atoms with Crippen molar-refractivity contribution in [2.75, 3.05) is 0 Å². The van der Waals surface area contributed by atoms with Crippen LogP contribution >= 0.6 is 0 Å². The fourth-order valence-electron chi connectivity index (χ4n) is 3.23. The second-order valence-electron chi connectivity index (χ2n) is 6.86. The Morgan fingerprint density at radius 3 is 2.94 bits per heavy atom. The first-order valence-electron chi connectivity index (χ1n) is 7.38. The van der Waals surface area contributed by atoms with E-state index in [-0.39, 0.29) is 0 Å². The maximum atomic E-state index is 4.37. The minimum Gasteiger partial charge on any atom is -0.330 e. The average molecular weight is 247 g/mol. The van der Waals surface area contributed by atoms with Crippen LogP contribution in [0.1, 0.15) is 64.1 Å². The topological polar surface area (TPSA) is 29.9 Å². The maximum Gasteiger partial charge on any atom is 0.0951 e. The Balaban J connectivity index is 1.68. The number of hydrogen-bond donors (Lipinski definition) is 1. The summed E-state index contributed by atoms with van der Waals surface area (Å²) in [5, 5.41) is 3.60. The predicted octanol–water partition coefficient (Wildman–Crippen LogP) is 3.28. The van der Waals surface area contributed by atoms with E-state index >= 15 is 0 Å². The van der Waals surface area contributed by atoms with Crippen molar-refractivity contribution in [1.29, 1.82) is 0 Å². The summed E-state index contributed by atoms with van der Waals surface area (Å²) in [6, 6.07) is 1.43. The van der Waals surface area contributed by atoms with Crippen molar-refractivity contribution in [3.63, 3.8) is 0 Å². The van der Waals surface area contributed by atoms with E-state index in [0.717, 1.165) is 12.6 Å². The van der Waals surface area contributed by atoms with Gasteiger partial charge < -0.3 is 9.88 Å². The van der Waals surface area contributed by atoms with Crippen LogP contribution in [0.15, 0.2) is 12.5 Å². The zero-order chi connectivity index (χ0) is 12.6. The van der Waals surface area contributed by atoms with E-state index in [0.29, 0.717) is 11.5 Å². The van der Waals surface area contributed by atoms with Gasteiger partial charge in [0.05, 0.1) is 12.0 Å². The number of hydrogen-bond acceptors (Lipinski definition) is 2. The van der Waals surface area contributed by atoms with Crippen molar-refractivity contribution >= 4 is 0 Å². The van der Waals surface area contributed by atoms with Crippen molar-refractivity contribution in [2.45, 2.75) is 71.0 Å². The molecule has 0 amide bonds. The summed E-state index contributed by atoms with van der Waals surface area (Å²) in [4.78, 5) is 4.37. The Kier molecular flexibility index (Phi) is 3.18. The molecule has 1 aromatic rings. The Morgan fingerprint density at radius 2 is 2.22 bits per heavy atom. The monoisotopic (exact) mass is 247 g/mol. The average Bonchev–Trinajstić information content (AvgIpc) is 3.02. The molecule has 1 N–H and O–H groups in total. The van der Waals surface area contributed by atoms with Crippen LogP contribution in [-0.4, -0.2) is 15.6 Å². The molecule has 1 unspecified atom stereocenters. The molecule has 0 saturated heterocycles. The number of nitrogens with zero attached hydrogens (tertiary/aromatic N) is 2. The standard InChI is InChI=1S/C15H25N3/c1-15(2)7-3-4-13(8-15)18-11-16-9-14(18)10-17-12-5-6-12/h9,11-13,17H,3-8,10H2,1-2H3. The lowest BCUT2D eigenvalue weighted by molar-refractivity contribution is 0.181. The summed E-state index contributed by atoms with van der Waals surface area (Å²) in [6.07, 6.45) is 12.1. The second-order valence-corrected chi connectivity index (χ2v) is 6.86. The number of rotatable bonds is 4. The molecule has 18 heavy (non-hydrogen) atoms. The van der Waals surface area contributed by atoms with Crippen LogP contribution in [0.5, 0.6) is 0 Å². The van der Waals surface area contributed by atoms with Crippen LogP contribution in [0.2, 0.25) is 0 Å². The van der Waals surface area contributed by atoms with Gasteiger partial charge in [-0.25, -0.2) is 4.98 Å². The Morgan fingerprint density at radius 1 is 1.39 bits per heavy atom. The fourth-order valence-corrected chi connectivity index (χ4v) is 3.23. The third-order valence-corrected chi connectivity index (χ3v) is 4.47. The third kappa shape index (κ3) is 2.77. The SMILES string of the molecule is CC1(C)CCCC(n2cncc2CNC2CC2)C1. The smallest absolute Gasteiger partial charge is 0.0951 e. The van der Waals surface area contributed by atoms with Gasteiger partial charge in [0.2, 0.25) is 0 Å². The first-order valence-corrected chi connectivity index (χ1v) is 7.38. The van der Waals surface area contributed by atoms with Crippen LogP contribution in [-0.2, 0) is 6.54 Å². The van der Waals surface area contributed by atoms with Crippen LogP contribution in [0, 0.1) is 5.41 Å². The van der Waals surface area contributed by atoms with Gasteiger partial charge in [-0.3, -0.25) is 0 Å². The molecule has 2 saturated carbocycles. The molecule has 1 heterocycles. The van der Waals surface area contributed by atoms with Gasteiger partial charge in [0.1, 0.15) is 0 Å². The van der Waals surface area contributed by atoms with Crippen molar-refractivity contribution in [3.8, 4) is 0 Å². The Bertz CT molecular complexity index is 404. The summed E-state index contributed by atoms with van der Waals surface area (Å²) in [5.41, 5.74) is 1.86. The van der Waals surface area contributed by atoms with Crippen molar-refractivity contribution in [2.24, 2.45) is 5.41 Å². The van der Waals surface area contributed by atoms with Gasteiger partial charge in [-0.15, -0.1) is 0 Å². The molecule has 1 atom stereocenters. The van der Waals surface area contributed by atoms with Crippen LogP contribution in [0.3, 0.4) is 0 Å². The van der Waals surface area contributed by atoms with Gasteiger partial charge >= 0.3 is 0 Å². The highest BCUT2D eigenvalue weighted by atomic mass is 15.1. The largest absolute Gasteiger partial charge is 0.330 e. The molecule has 0 radical (unpaired) electrons. The Hall–Kier alpha value is -0.830. The van der Waals surface area contributed by atoms with Gasteiger partial charge in [-0.2, -0.15) is 0 Å². The molecule has 0 bridgehead atoms. The molecule has 2 aliphatic carbocycles. The fraction of sp³-hybridized carbons (Fsp3) is 0.800. The summed E-state index contributed by atoms with van der Waals surface area (Å²) < 4.78 is 2.43. The molecule has 0 aromatic carbocycles. The molecule has 0 aliphatic heterocycles. The van der Waals surface area contributed by atoms with Crippen LogP contribution in [0.25, 0.3) is 0 Å². The number of nitrogens with one attached hydrogen (secondary N) is 1. The molecule has 1 aromatic heterocycles. The zero-order valence-electron chi connectivity index (χ0n) is 11.7. The Labute approximate surface area is 110 Å². The predicted molar refractivity (Wildman–Crippen MR) is 73.4 cm³/mol. The lowest BCUT2D eigenvalue weighted by atomic mass is 9.75. The molecule has 2 aliphatic rings. The van der Waals surface area contributed by atoms with Crippen molar-refractivity contribution in [3.05, 3.63) is 18.2 Å². The van der Waals surface area contributed by atoms with Crippen LogP contribution < -0.4 is 5.32 Å². The van der Waals surface area contributed by atoms with E-state index < -0.39 is 0 Å². The van der Waals surface area contributed by atoms with E-state index in [9.17, 15) is 0 Å². The molecule has 100 valence electrons. The minimum absolute atomic E-state index is 0.494. The van der Waals surface area contributed by atoms with Gasteiger partial charge in [-0.05, 0) is 37.5 Å². The normalized spacial score (nSPS) is 27.3. The highest BCUT2D eigenvalue weighted by molar-refractivity contribution is 5.02. The van der Waals surface area contributed by atoms with Gasteiger partial charge in [0.15, 0.2) is 0 Å². The summed E-state index contributed by atoms with van der Waals surface area (Å²) in [7, 11) is 0. The second kappa shape index (κ2) is 4.69. The van der Waals surface area contributed by atoms with Gasteiger partial charge in [0.25, 0.3) is 0 Å². The van der Waals surface area contributed by atoms with E-state index in [1.165, 1.54) is 44.2 Å². The highest BCUT2D eigenvalue weighted by Gasteiger charge is 2.29. The molecular weight excluding hydrogens is 222 g/mol. The first-order chi connectivity index (χ1) is 8.64. The number of imidazole rings is 1. The molecular formula is C15H25N3. The van der Waals surface area contributed by atoms with E-state index in [1.807, 2.05) is 12.5 Å². The molecule has 3 nitrogen and oxygen atoms in total. The van der Waals surface area contributed by atoms with Gasteiger partial charge in [0, 0.05) is 24.8 Å². The zero-order valence-corrected chi connectivity index (χ0v) is 11.7. The highest BCUT2D eigenvalue weighted by Crippen LogP contribution is 2.41. The van der Waals surface area contributed by atoms with Crippen molar-refractivity contribution < 1.29 is 0 Å². The molecule has 3 heteroatoms. The third-order valence-electron chi connectivity index (χ3n) is 4.47. The lowest BCUT2D eigenvalue weighted by Gasteiger charge is -2.36. The lowest BCUT2D eigenvalue weighted by Crippen LogP contribution is -2.27.